The zero-order valence-electron chi connectivity index (χ0n) is 7.82. The highest BCUT2D eigenvalue weighted by atomic mass is 16.3. The second-order valence-electron chi connectivity index (χ2n) is 3.37. The second kappa shape index (κ2) is 2.58. The van der Waals surface area contributed by atoms with Crippen molar-refractivity contribution in [3.8, 4) is 0 Å². The van der Waals surface area contributed by atoms with Crippen LogP contribution in [0, 0.1) is 6.92 Å². The van der Waals surface area contributed by atoms with Gasteiger partial charge in [0.05, 0.1) is 0 Å². The number of nitrogens with zero attached hydrogens (tertiary/aromatic N) is 1. The summed E-state index contributed by atoms with van der Waals surface area (Å²) in [5.74, 6) is 0.719. The van der Waals surface area contributed by atoms with Crippen LogP contribution in [0.2, 0.25) is 0 Å². The van der Waals surface area contributed by atoms with Gasteiger partial charge in [-0.25, -0.2) is 4.98 Å². The normalized spacial score (nSPS) is 11.2. The van der Waals surface area contributed by atoms with Gasteiger partial charge >= 0.3 is 0 Å². The maximum absolute atomic E-state index is 5.46. The molecule has 68 valence electrons. The number of aryl methyl sites for hydroxylation is 1. The molecule has 0 aliphatic rings. The highest BCUT2D eigenvalue weighted by Crippen LogP contribution is 2.24. The first-order valence-electron chi connectivity index (χ1n) is 4.59. The van der Waals surface area contributed by atoms with E-state index in [2.05, 4.69) is 23.2 Å². The number of oxazole rings is 1. The average molecular weight is 183 g/mol. The quantitative estimate of drug-likeness (QED) is 0.534. The Balaban J connectivity index is 2.60. The Morgan fingerprint density at radius 3 is 2.86 bits per heavy atom. The lowest BCUT2D eigenvalue weighted by Gasteiger charge is -1.95. The molecule has 14 heavy (non-hydrogen) atoms. The molecule has 2 heteroatoms. The summed E-state index contributed by atoms with van der Waals surface area (Å²) in [5.41, 5.74) is 1.82. The van der Waals surface area contributed by atoms with Gasteiger partial charge in [0.2, 0.25) is 0 Å². The molecule has 3 rings (SSSR count). The molecule has 0 aliphatic carbocycles. The number of hydrogen-bond donors (Lipinski definition) is 0. The van der Waals surface area contributed by atoms with Crippen LogP contribution in [-0.4, -0.2) is 4.98 Å². The van der Waals surface area contributed by atoms with E-state index in [1.807, 2.05) is 25.1 Å². The Labute approximate surface area is 81.2 Å². The molecule has 0 amide bonds. The van der Waals surface area contributed by atoms with Gasteiger partial charge in [-0.3, -0.25) is 0 Å². The Hall–Kier alpha value is -1.83. The van der Waals surface area contributed by atoms with Gasteiger partial charge in [0.15, 0.2) is 11.5 Å². The monoisotopic (exact) mass is 183 g/mol. The molecule has 2 nitrogen and oxygen atoms in total. The molecule has 0 aliphatic heterocycles. The van der Waals surface area contributed by atoms with E-state index in [0.717, 1.165) is 22.4 Å². The summed E-state index contributed by atoms with van der Waals surface area (Å²) in [6.45, 7) is 1.87. The molecule has 1 aromatic heterocycles. The summed E-state index contributed by atoms with van der Waals surface area (Å²) < 4.78 is 5.46. The van der Waals surface area contributed by atoms with Crippen molar-refractivity contribution >= 4 is 21.9 Å². The summed E-state index contributed by atoms with van der Waals surface area (Å²) in [4.78, 5) is 4.37. The Morgan fingerprint density at radius 2 is 1.93 bits per heavy atom. The third kappa shape index (κ3) is 0.940. The molecule has 0 fully saturated rings. The van der Waals surface area contributed by atoms with Crippen LogP contribution in [0.15, 0.2) is 40.8 Å². The smallest absolute Gasteiger partial charge is 0.192 e. The maximum atomic E-state index is 5.46. The SMILES string of the molecule is Cc1nc2c(ccc3ccccc32)o1. The number of rotatable bonds is 0. The van der Waals surface area contributed by atoms with Crippen LogP contribution in [0.4, 0.5) is 0 Å². The van der Waals surface area contributed by atoms with Crippen molar-refractivity contribution in [3.05, 3.63) is 42.3 Å². The van der Waals surface area contributed by atoms with E-state index in [9.17, 15) is 0 Å². The van der Waals surface area contributed by atoms with Gasteiger partial charge < -0.3 is 4.42 Å². The van der Waals surface area contributed by atoms with Crippen molar-refractivity contribution in [1.82, 2.24) is 4.98 Å². The first-order chi connectivity index (χ1) is 6.84. The van der Waals surface area contributed by atoms with Gasteiger partial charge in [-0.05, 0) is 11.5 Å². The van der Waals surface area contributed by atoms with Crippen LogP contribution < -0.4 is 0 Å². The lowest BCUT2D eigenvalue weighted by molar-refractivity contribution is 0.561. The molecular weight excluding hydrogens is 174 g/mol. The summed E-state index contributed by atoms with van der Waals surface area (Å²) in [6, 6.07) is 12.2. The minimum Gasteiger partial charge on any atom is -0.441 e. The van der Waals surface area contributed by atoms with Gasteiger partial charge in [-0.15, -0.1) is 0 Å². The lowest BCUT2D eigenvalue weighted by Crippen LogP contribution is -1.74. The number of benzene rings is 2. The predicted molar refractivity (Wildman–Crippen MR) is 56.3 cm³/mol. The predicted octanol–water partition coefficient (Wildman–Crippen LogP) is 3.29. The average Bonchev–Trinajstić information content (AvgIpc) is 2.59. The number of aromatic nitrogens is 1. The first kappa shape index (κ1) is 7.56. The van der Waals surface area contributed by atoms with Crippen LogP contribution in [0.1, 0.15) is 5.89 Å². The van der Waals surface area contributed by atoms with Crippen LogP contribution >= 0.6 is 0 Å². The lowest BCUT2D eigenvalue weighted by atomic mass is 10.1. The summed E-state index contributed by atoms with van der Waals surface area (Å²) in [5, 5.41) is 2.36. The van der Waals surface area contributed by atoms with E-state index >= 15 is 0 Å². The highest BCUT2D eigenvalue weighted by molar-refractivity contribution is 6.03. The van der Waals surface area contributed by atoms with E-state index in [4.69, 9.17) is 4.42 Å². The molecular formula is C12H9NO. The highest BCUT2D eigenvalue weighted by Gasteiger charge is 2.05. The zero-order valence-corrected chi connectivity index (χ0v) is 7.82. The van der Waals surface area contributed by atoms with Crippen molar-refractivity contribution in [2.45, 2.75) is 6.92 Å². The fourth-order valence-corrected chi connectivity index (χ4v) is 1.77. The number of hydrogen-bond acceptors (Lipinski definition) is 2. The Morgan fingerprint density at radius 1 is 1.07 bits per heavy atom. The third-order valence-electron chi connectivity index (χ3n) is 2.39. The fourth-order valence-electron chi connectivity index (χ4n) is 1.77. The topological polar surface area (TPSA) is 26.0 Å². The van der Waals surface area contributed by atoms with Crippen molar-refractivity contribution in [2.75, 3.05) is 0 Å². The molecule has 0 unspecified atom stereocenters. The van der Waals surface area contributed by atoms with Gasteiger partial charge in [0.25, 0.3) is 0 Å². The fraction of sp³-hybridized carbons (Fsp3) is 0.0833. The summed E-state index contributed by atoms with van der Waals surface area (Å²) in [6.07, 6.45) is 0. The standard InChI is InChI=1S/C12H9NO/c1-8-13-12-10-5-3-2-4-9(10)6-7-11(12)14-8/h2-7H,1H3. The molecule has 0 atom stereocenters. The molecule has 0 saturated carbocycles. The van der Waals surface area contributed by atoms with E-state index in [1.54, 1.807) is 0 Å². The van der Waals surface area contributed by atoms with Gasteiger partial charge in [-0.2, -0.15) is 0 Å². The largest absolute Gasteiger partial charge is 0.441 e. The van der Waals surface area contributed by atoms with Crippen LogP contribution in [-0.2, 0) is 0 Å². The van der Waals surface area contributed by atoms with Crippen LogP contribution in [0.5, 0.6) is 0 Å². The van der Waals surface area contributed by atoms with Gasteiger partial charge in [0.1, 0.15) is 5.52 Å². The summed E-state index contributed by atoms with van der Waals surface area (Å²) >= 11 is 0. The van der Waals surface area contributed by atoms with E-state index in [1.165, 1.54) is 5.39 Å². The summed E-state index contributed by atoms with van der Waals surface area (Å²) in [7, 11) is 0. The van der Waals surface area contributed by atoms with Crippen molar-refractivity contribution in [1.29, 1.82) is 0 Å². The van der Waals surface area contributed by atoms with E-state index in [0.29, 0.717) is 0 Å². The molecule has 0 bridgehead atoms. The minimum atomic E-state index is 0.719. The van der Waals surface area contributed by atoms with E-state index < -0.39 is 0 Å². The zero-order chi connectivity index (χ0) is 9.54. The Kier molecular flexibility index (Phi) is 1.39. The molecule has 0 spiro atoms. The third-order valence-corrected chi connectivity index (χ3v) is 2.39. The van der Waals surface area contributed by atoms with Crippen molar-refractivity contribution < 1.29 is 4.42 Å². The van der Waals surface area contributed by atoms with Crippen LogP contribution in [0.3, 0.4) is 0 Å². The Bertz CT molecular complexity index is 610. The molecule has 0 radical (unpaired) electrons. The second-order valence-corrected chi connectivity index (χ2v) is 3.37. The molecule has 2 aromatic carbocycles. The maximum Gasteiger partial charge on any atom is 0.192 e. The molecule has 0 saturated heterocycles. The van der Waals surface area contributed by atoms with Crippen LogP contribution in [0.25, 0.3) is 21.9 Å². The number of fused-ring (bicyclic) bond motifs is 3. The molecule has 1 heterocycles. The van der Waals surface area contributed by atoms with Crippen molar-refractivity contribution in [3.63, 3.8) is 0 Å². The van der Waals surface area contributed by atoms with E-state index in [-0.39, 0.29) is 0 Å². The molecule has 3 aromatic rings. The first-order valence-corrected chi connectivity index (χ1v) is 4.59. The van der Waals surface area contributed by atoms with Crippen molar-refractivity contribution in [2.24, 2.45) is 0 Å². The molecule has 0 N–H and O–H groups in total. The minimum absolute atomic E-state index is 0.719. The van der Waals surface area contributed by atoms with Gasteiger partial charge in [-0.1, -0.05) is 30.3 Å². The van der Waals surface area contributed by atoms with Gasteiger partial charge in [0, 0.05) is 12.3 Å².